The van der Waals surface area contributed by atoms with Crippen molar-refractivity contribution in [1.82, 2.24) is 5.32 Å². The molecule has 26 heavy (non-hydrogen) atoms. The third-order valence-corrected chi connectivity index (χ3v) is 5.59. The van der Waals surface area contributed by atoms with Crippen molar-refractivity contribution in [2.75, 3.05) is 24.5 Å². The van der Waals surface area contributed by atoms with E-state index in [2.05, 4.69) is 59.6 Å². The molecule has 0 amide bonds. The van der Waals surface area contributed by atoms with Crippen LogP contribution in [-0.4, -0.2) is 36.9 Å². The highest BCUT2D eigenvalue weighted by atomic mass is 16.5. The van der Waals surface area contributed by atoms with Gasteiger partial charge in [0.15, 0.2) is 0 Å². The van der Waals surface area contributed by atoms with E-state index in [-0.39, 0.29) is 12.2 Å². The first-order valence-electron chi connectivity index (χ1n) is 9.70. The van der Waals surface area contributed by atoms with Gasteiger partial charge in [-0.25, -0.2) is 0 Å². The van der Waals surface area contributed by atoms with Crippen molar-refractivity contribution in [2.45, 2.75) is 44.4 Å². The smallest absolute Gasteiger partial charge is 0.123 e. The molecule has 0 aromatic heterocycles. The molecule has 2 atom stereocenters. The number of piperidine rings is 1. The molecule has 0 spiro atoms. The summed E-state index contributed by atoms with van der Waals surface area (Å²) in [6, 6.07) is 17.4. The molecule has 4 heteroatoms. The van der Waals surface area contributed by atoms with Crippen LogP contribution in [0.5, 0.6) is 5.75 Å². The number of nitrogens with zero attached hydrogens (tertiary/aromatic N) is 1. The fourth-order valence-electron chi connectivity index (χ4n) is 3.89. The molecule has 2 N–H and O–H groups in total. The fourth-order valence-corrected chi connectivity index (χ4v) is 3.89. The van der Waals surface area contributed by atoms with Gasteiger partial charge < -0.3 is 20.1 Å². The Labute approximate surface area is 155 Å². The van der Waals surface area contributed by atoms with Gasteiger partial charge in [0, 0.05) is 37.8 Å². The van der Waals surface area contributed by atoms with Crippen molar-refractivity contribution in [1.29, 1.82) is 0 Å². The van der Waals surface area contributed by atoms with Crippen molar-refractivity contribution >= 4 is 5.69 Å². The van der Waals surface area contributed by atoms with Crippen LogP contribution in [0.4, 0.5) is 5.69 Å². The Hall–Kier alpha value is -2.04. The maximum atomic E-state index is 9.65. The summed E-state index contributed by atoms with van der Waals surface area (Å²) in [5.74, 6) is 1.03. The molecule has 0 bridgehead atoms. The van der Waals surface area contributed by atoms with E-state index < -0.39 is 0 Å². The van der Waals surface area contributed by atoms with Crippen molar-refractivity contribution in [3.63, 3.8) is 0 Å². The topological polar surface area (TPSA) is 44.7 Å². The number of ether oxygens (including phenoxy) is 1. The number of hydrogen-bond donors (Lipinski definition) is 2. The molecule has 1 saturated heterocycles. The summed E-state index contributed by atoms with van der Waals surface area (Å²) in [6.45, 7) is 4.93. The lowest BCUT2D eigenvalue weighted by molar-refractivity contribution is 0.145. The molecule has 1 fully saturated rings. The second-order valence-corrected chi connectivity index (χ2v) is 7.49. The van der Waals surface area contributed by atoms with Crippen molar-refractivity contribution < 1.29 is 9.84 Å². The number of aliphatic hydroxyl groups is 1. The standard InChI is InChI=1S/C22H28N2O2/c1-16(23-15-21-14-18-4-2-3-5-22(18)26-21)17-6-8-19(9-7-17)24-12-10-20(25)11-13-24/h2-9,16,20-21,23,25H,10-15H2,1H3/t16-,21+/m0/s1. The van der Waals surface area contributed by atoms with Gasteiger partial charge in [-0.2, -0.15) is 0 Å². The average molecular weight is 352 g/mol. The molecule has 2 aromatic carbocycles. The fraction of sp³-hybridized carbons (Fsp3) is 0.455. The Bertz CT molecular complexity index is 698. The number of benzene rings is 2. The predicted molar refractivity (Wildman–Crippen MR) is 105 cm³/mol. The Kier molecular flexibility index (Phi) is 5.14. The Morgan fingerprint density at radius 1 is 1.12 bits per heavy atom. The van der Waals surface area contributed by atoms with Crippen LogP contribution in [-0.2, 0) is 6.42 Å². The van der Waals surface area contributed by atoms with Crippen molar-refractivity contribution in [2.24, 2.45) is 0 Å². The van der Waals surface area contributed by atoms with Crippen molar-refractivity contribution in [3.05, 3.63) is 59.7 Å². The monoisotopic (exact) mass is 352 g/mol. The summed E-state index contributed by atoms with van der Waals surface area (Å²) in [4.78, 5) is 2.36. The number of hydrogen-bond acceptors (Lipinski definition) is 4. The van der Waals surface area contributed by atoms with E-state index in [4.69, 9.17) is 4.74 Å². The predicted octanol–water partition coefficient (Wildman–Crippen LogP) is 3.30. The first-order chi connectivity index (χ1) is 12.7. The molecule has 2 aliphatic heterocycles. The molecule has 0 aliphatic carbocycles. The summed E-state index contributed by atoms with van der Waals surface area (Å²) in [7, 11) is 0. The summed E-state index contributed by atoms with van der Waals surface area (Å²) >= 11 is 0. The minimum absolute atomic E-state index is 0.126. The molecule has 4 nitrogen and oxygen atoms in total. The highest BCUT2D eigenvalue weighted by molar-refractivity contribution is 5.48. The lowest BCUT2D eigenvalue weighted by atomic mass is 10.0. The third kappa shape index (κ3) is 3.87. The number of nitrogens with one attached hydrogen (secondary N) is 1. The maximum Gasteiger partial charge on any atom is 0.123 e. The highest BCUT2D eigenvalue weighted by Crippen LogP contribution is 2.28. The molecule has 2 aliphatic rings. The van der Waals surface area contributed by atoms with Gasteiger partial charge in [0.1, 0.15) is 11.9 Å². The Morgan fingerprint density at radius 3 is 2.58 bits per heavy atom. The average Bonchev–Trinajstić information content (AvgIpc) is 3.10. The molecule has 2 aromatic rings. The van der Waals surface area contributed by atoms with Crippen LogP contribution in [0, 0.1) is 0 Å². The quantitative estimate of drug-likeness (QED) is 0.867. The first kappa shape index (κ1) is 17.4. The molecule has 0 saturated carbocycles. The Balaban J connectivity index is 1.29. The van der Waals surface area contributed by atoms with Crippen LogP contribution in [0.25, 0.3) is 0 Å². The summed E-state index contributed by atoms with van der Waals surface area (Å²) in [6.07, 6.45) is 2.80. The van der Waals surface area contributed by atoms with Gasteiger partial charge in [-0.1, -0.05) is 30.3 Å². The van der Waals surface area contributed by atoms with Crippen LogP contribution < -0.4 is 15.0 Å². The summed E-state index contributed by atoms with van der Waals surface area (Å²) < 4.78 is 6.01. The zero-order chi connectivity index (χ0) is 17.9. The minimum Gasteiger partial charge on any atom is -0.488 e. The van der Waals surface area contributed by atoms with Crippen LogP contribution in [0.3, 0.4) is 0 Å². The molecule has 0 radical (unpaired) electrons. The van der Waals surface area contributed by atoms with Crippen molar-refractivity contribution in [3.8, 4) is 5.75 Å². The normalized spacial score (nSPS) is 21.3. The summed E-state index contributed by atoms with van der Waals surface area (Å²) in [5.41, 5.74) is 3.85. The van der Waals surface area contributed by atoms with Gasteiger partial charge in [0.2, 0.25) is 0 Å². The molecular formula is C22H28N2O2. The second-order valence-electron chi connectivity index (χ2n) is 7.49. The molecular weight excluding hydrogens is 324 g/mol. The number of para-hydroxylation sites is 1. The molecule has 4 rings (SSSR count). The van der Waals surface area contributed by atoms with E-state index in [1.54, 1.807) is 0 Å². The van der Waals surface area contributed by atoms with E-state index in [1.165, 1.54) is 16.8 Å². The zero-order valence-electron chi connectivity index (χ0n) is 15.4. The second kappa shape index (κ2) is 7.68. The lowest BCUT2D eigenvalue weighted by Crippen LogP contribution is -2.35. The Morgan fingerprint density at radius 2 is 1.85 bits per heavy atom. The van der Waals surface area contributed by atoms with E-state index in [1.807, 2.05) is 6.07 Å². The molecule has 0 unspecified atom stereocenters. The SMILES string of the molecule is C[C@H](NC[C@H]1Cc2ccccc2O1)c1ccc(N2CCC(O)CC2)cc1. The highest BCUT2D eigenvalue weighted by Gasteiger charge is 2.22. The van der Waals surface area contributed by atoms with Crippen LogP contribution >= 0.6 is 0 Å². The van der Waals surface area contributed by atoms with E-state index in [9.17, 15) is 5.11 Å². The van der Waals surface area contributed by atoms with Crippen LogP contribution in [0.1, 0.15) is 36.9 Å². The number of rotatable bonds is 5. The third-order valence-electron chi connectivity index (χ3n) is 5.59. The van der Waals surface area contributed by atoms with E-state index in [0.29, 0.717) is 6.04 Å². The number of fused-ring (bicyclic) bond motifs is 1. The van der Waals surface area contributed by atoms with Gasteiger partial charge in [-0.3, -0.25) is 0 Å². The van der Waals surface area contributed by atoms with Crippen LogP contribution in [0.15, 0.2) is 48.5 Å². The lowest BCUT2D eigenvalue weighted by Gasteiger charge is -2.31. The van der Waals surface area contributed by atoms with Gasteiger partial charge in [-0.15, -0.1) is 0 Å². The zero-order valence-corrected chi connectivity index (χ0v) is 15.4. The number of aliphatic hydroxyl groups excluding tert-OH is 1. The maximum absolute atomic E-state index is 9.65. The number of anilines is 1. The van der Waals surface area contributed by atoms with Gasteiger partial charge in [-0.05, 0) is 49.1 Å². The summed E-state index contributed by atoms with van der Waals surface area (Å²) in [5, 5.41) is 13.3. The van der Waals surface area contributed by atoms with Gasteiger partial charge in [0.05, 0.1) is 6.10 Å². The molecule has 2 heterocycles. The van der Waals surface area contributed by atoms with E-state index in [0.717, 1.165) is 44.6 Å². The van der Waals surface area contributed by atoms with Gasteiger partial charge >= 0.3 is 0 Å². The minimum atomic E-state index is -0.126. The largest absolute Gasteiger partial charge is 0.488 e. The molecule has 138 valence electrons. The first-order valence-corrected chi connectivity index (χ1v) is 9.70. The van der Waals surface area contributed by atoms with Gasteiger partial charge in [0.25, 0.3) is 0 Å². The van der Waals surface area contributed by atoms with E-state index >= 15 is 0 Å². The van der Waals surface area contributed by atoms with Crippen LogP contribution in [0.2, 0.25) is 0 Å².